The maximum Gasteiger partial charge on any atom is 0.405 e. The highest BCUT2D eigenvalue weighted by molar-refractivity contribution is 5.95. The van der Waals surface area contributed by atoms with Crippen molar-refractivity contribution in [1.29, 1.82) is 0 Å². The molecule has 0 heterocycles. The molecule has 0 unspecified atom stereocenters. The summed E-state index contributed by atoms with van der Waals surface area (Å²) in [5.74, 6) is -1.54. The number of benzene rings is 2. The second kappa shape index (κ2) is 8.23. The average molecular weight is 408 g/mol. The van der Waals surface area contributed by atoms with E-state index in [4.69, 9.17) is 0 Å². The molecule has 0 spiro atoms. The van der Waals surface area contributed by atoms with Crippen molar-refractivity contribution < 1.29 is 27.2 Å². The molecule has 0 aromatic heterocycles. The van der Waals surface area contributed by atoms with Crippen LogP contribution >= 0.6 is 0 Å². The zero-order valence-corrected chi connectivity index (χ0v) is 15.7. The van der Waals surface area contributed by atoms with Crippen LogP contribution in [0.3, 0.4) is 0 Å². The molecular formula is C21H20F4N2O2. The summed E-state index contributed by atoms with van der Waals surface area (Å²) in [6.45, 7) is 0.489. The molecule has 0 radical (unpaired) electrons. The van der Waals surface area contributed by atoms with Crippen LogP contribution in [0.4, 0.5) is 17.6 Å². The number of aryl methyl sites for hydroxylation is 1. The summed E-state index contributed by atoms with van der Waals surface area (Å²) in [4.78, 5) is 26.3. The van der Waals surface area contributed by atoms with Gasteiger partial charge in [0.1, 0.15) is 12.4 Å². The predicted octanol–water partition coefficient (Wildman–Crippen LogP) is 4.23. The highest BCUT2D eigenvalue weighted by Crippen LogP contribution is 2.30. The van der Waals surface area contributed by atoms with Crippen LogP contribution in [0.2, 0.25) is 0 Å². The molecule has 2 amide bonds. The molecular weight excluding hydrogens is 388 g/mol. The molecule has 1 aliphatic carbocycles. The molecule has 1 N–H and O–H groups in total. The fraction of sp³-hybridized carbons (Fsp3) is 0.333. The second-order valence-corrected chi connectivity index (χ2v) is 7.12. The average Bonchev–Trinajstić information content (AvgIpc) is 3.51. The fourth-order valence-corrected chi connectivity index (χ4v) is 2.89. The number of alkyl halides is 3. The fourth-order valence-electron chi connectivity index (χ4n) is 2.89. The molecule has 8 heteroatoms. The van der Waals surface area contributed by atoms with Crippen molar-refractivity contribution in [2.75, 3.05) is 6.54 Å². The zero-order chi connectivity index (χ0) is 21.2. The van der Waals surface area contributed by atoms with Gasteiger partial charge in [0.2, 0.25) is 0 Å². The maximum absolute atomic E-state index is 13.8. The Morgan fingerprint density at radius 3 is 2.24 bits per heavy atom. The molecule has 1 aliphatic rings. The first-order chi connectivity index (χ1) is 13.6. The minimum Gasteiger partial charge on any atom is -0.343 e. The third-order valence-electron chi connectivity index (χ3n) is 4.69. The number of carbonyl (C=O) groups excluding carboxylic acids is 2. The maximum atomic E-state index is 13.8. The van der Waals surface area contributed by atoms with E-state index in [-0.39, 0.29) is 29.6 Å². The number of amides is 2. The van der Waals surface area contributed by atoms with E-state index in [1.54, 1.807) is 36.1 Å². The zero-order valence-electron chi connectivity index (χ0n) is 15.7. The quantitative estimate of drug-likeness (QED) is 0.728. The molecule has 2 aromatic carbocycles. The Morgan fingerprint density at radius 2 is 1.69 bits per heavy atom. The topological polar surface area (TPSA) is 49.4 Å². The molecule has 2 aromatic rings. The number of halogens is 4. The first-order valence-electron chi connectivity index (χ1n) is 9.15. The summed E-state index contributed by atoms with van der Waals surface area (Å²) in [6.07, 6.45) is -2.76. The lowest BCUT2D eigenvalue weighted by Crippen LogP contribution is -2.34. The van der Waals surface area contributed by atoms with E-state index < -0.39 is 24.4 Å². The van der Waals surface area contributed by atoms with E-state index in [1.807, 2.05) is 5.32 Å². The van der Waals surface area contributed by atoms with Crippen molar-refractivity contribution in [3.05, 3.63) is 70.5 Å². The summed E-state index contributed by atoms with van der Waals surface area (Å²) in [6, 6.07) is 10.5. The first-order valence-corrected chi connectivity index (χ1v) is 9.15. The van der Waals surface area contributed by atoms with Crippen LogP contribution < -0.4 is 5.32 Å². The van der Waals surface area contributed by atoms with Gasteiger partial charge in [0.05, 0.1) is 0 Å². The molecule has 1 fully saturated rings. The highest BCUT2D eigenvalue weighted by atomic mass is 19.4. The van der Waals surface area contributed by atoms with Gasteiger partial charge in [-0.25, -0.2) is 4.39 Å². The van der Waals surface area contributed by atoms with Crippen molar-refractivity contribution in [2.45, 2.75) is 38.5 Å². The summed E-state index contributed by atoms with van der Waals surface area (Å²) in [7, 11) is 0. The van der Waals surface area contributed by atoms with Crippen molar-refractivity contribution in [2.24, 2.45) is 0 Å². The van der Waals surface area contributed by atoms with Gasteiger partial charge in [-0.05, 0) is 55.2 Å². The first kappa shape index (κ1) is 20.8. The molecule has 0 saturated heterocycles. The summed E-state index contributed by atoms with van der Waals surface area (Å²) in [5, 5.41) is 1.81. The molecule has 4 nitrogen and oxygen atoms in total. The number of carbonyl (C=O) groups is 2. The standard InChI is InChI=1S/C21H20F4N2O2/c1-13-2-5-16(10-18(13)22)20(29)27(17-8-9-17)11-14-3-6-15(7-4-14)19(28)26-12-21(23,24)25/h2-7,10,17H,8-9,11-12H2,1H3,(H,26,28). The Labute approximate surface area is 165 Å². The van der Waals surface area contributed by atoms with Crippen LogP contribution in [0.1, 0.15) is 44.7 Å². The second-order valence-electron chi connectivity index (χ2n) is 7.12. The normalized spacial score (nSPS) is 13.8. The van der Waals surface area contributed by atoms with E-state index in [0.717, 1.165) is 18.4 Å². The summed E-state index contributed by atoms with van der Waals surface area (Å²) >= 11 is 0. The Balaban J connectivity index is 1.69. The summed E-state index contributed by atoms with van der Waals surface area (Å²) < 4.78 is 50.4. The highest BCUT2D eigenvalue weighted by Gasteiger charge is 2.33. The number of nitrogens with zero attached hydrogens (tertiary/aromatic N) is 1. The van der Waals surface area contributed by atoms with Crippen LogP contribution in [0.15, 0.2) is 42.5 Å². The Bertz CT molecular complexity index is 906. The predicted molar refractivity (Wildman–Crippen MR) is 98.9 cm³/mol. The molecule has 1 saturated carbocycles. The van der Waals surface area contributed by atoms with Gasteiger partial charge in [-0.15, -0.1) is 0 Å². The number of nitrogens with one attached hydrogen (secondary N) is 1. The van der Waals surface area contributed by atoms with Crippen LogP contribution in [0.5, 0.6) is 0 Å². The van der Waals surface area contributed by atoms with Crippen molar-refractivity contribution in [3.63, 3.8) is 0 Å². The van der Waals surface area contributed by atoms with E-state index in [0.29, 0.717) is 5.56 Å². The molecule has 0 aliphatic heterocycles. The van der Waals surface area contributed by atoms with Gasteiger partial charge in [-0.2, -0.15) is 13.2 Å². The SMILES string of the molecule is Cc1ccc(C(=O)N(Cc2ccc(C(=O)NCC(F)(F)F)cc2)C2CC2)cc1F. The molecule has 0 atom stereocenters. The van der Waals surface area contributed by atoms with Gasteiger partial charge >= 0.3 is 6.18 Å². The molecule has 0 bridgehead atoms. The van der Waals surface area contributed by atoms with Gasteiger partial charge in [0.25, 0.3) is 11.8 Å². The van der Waals surface area contributed by atoms with Gasteiger partial charge in [0, 0.05) is 23.7 Å². The Kier molecular flexibility index (Phi) is 5.91. The number of rotatable bonds is 6. The van der Waals surface area contributed by atoms with Gasteiger partial charge in [-0.1, -0.05) is 18.2 Å². The van der Waals surface area contributed by atoms with E-state index in [9.17, 15) is 27.2 Å². The minimum absolute atomic E-state index is 0.0709. The minimum atomic E-state index is -4.48. The molecule has 3 rings (SSSR count). The van der Waals surface area contributed by atoms with Crippen molar-refractivity contribution in [1.82, 2.24) is 10.2 Å². The third-order valence-corrected chi connectivity index (χ3v) is 4.69. The van der Waals surface area contributed by atoms with Gasteiger partial charge < -0.3 is 10.2 Å². The lowest BCUT2D eigenvalue weighted by Gasteiger charge is -2.23. The smallest absolute Gasteiger partial charge is 0.343 e. The lowest BCUT2D eigenvalue weighted by molar-refractivity contribution is -0.123. The molecule has 29 heavy (non-hydrogen) atoms. The van der Waals surface area contributed by atoms with Crippen molar-refractivity contribution >= 4 is 11.8 Å². The van der Waals surface area contributed by atoms with E-state index in [2.05, 4.69) is 0 Å². The van der Waals surface area contributed by atoms with E-state index >= 15 is 0 Å². The van der Waals surface area contributed by atoms with Gasteiger partial charge in [0.15, 0.2) is 0 Å². The van der Waals surface area contributed by atoms with Gasteiger partial charge in [-0.3, -0.25) is 9.59 Å². The van der Waals surface area contributed by atoms with Crippen LogP contribution in [-0.2, 0) is 6.54 Å². The summed E-state index contributed by atoms with van der Waals surface area (Å²) in [5.41, 5.74) is 1.55. The number of hydrogen-bond donors (Lipinski definition) is 1. The van der Waals surface area contributed by atoms with Crippen LogP contribution in [-0.4, -0.2) is 35.5 Å². The van der Waals surface area contributed by atoms with Crippen molar-refractivity contribution in [3.8, 4) is 0 Å². The van der Waals surface area contributed by atoms with Crippen LogP contribution in [0.25, 0.3) is 0 Å². The lowest BCUT2D eigenvalue weighted by atomic mass is 10.1. The Morgan fingerprint density at radius 1 is 1.07 bits per heavy atom. The van der Waals surface area contributed by atoms with E-state index in [1.165, 1.54) is 18.2 Å². The Hall–Kier alpha value is -2.90. The number of hydrogen-bond acceptors (Lipinski definition) is 2. The third kappa shape index (κ3) is 5.56. The van der Waals surface area contributed by atoms with Crippen LogP contribution in [0, 0.1) is 12.7 Å². The monoisotopic (exact) mass is 408 g/mol. The largest absolute Gasteiger partial charge is 0.405 e. The molecule has 154 valence electrons.